The number of nitrogens with zero attached hydrogens (tertiary/aromatic N) is 1. The van der Waals surface area contributed by atoms with Crippen LogP contribution in [0, 0.1) is 11.6 Å². The third-order valence-corrected chi connectivity index (χ3v) is 3.08. The predicted molar refractivity (Wildman–Crippen MR) is 56.9 cm³/mol. The molecule has 1 aromatic rings. The number of hydrogen-bond acceptors (Lipinski definition) is 2. The van der Waals surface area contributed by atoms with Crippen LogP contribution in [0.3, 0.4) is 0 Å². The van der Waals surface area contributed by atoms with Crippen molar-refractivity contribution in [3.8, 4) is 0 Å². The van der Waals surface area contributed by atoms with Crippen molar-refractivity contribution in [3.63, 3.8) is 0 Å². The van der Waals surface area contributed by atoms with Crippen molar-refractivity contribution in [1.29, 1.82) is 0 Å². The van der Waals surface area contributed by atoms with Gasteiger partial charge in [0.2, 0.25) is 0 Å². The zero-order valence-corrected chi connectivity index (χ0v) is 9.00. The molecule has 1 fully saturated rings. The molecule has 0 saturated carbocycles. The van der Waals surface area contributed by atoms with E-state index < -0.39 is 11.6 Å². The number of benzene rings is 1. The minimum Gasteiger partial charge on any atom is -0.395 e. The fourth-order valence-corrected chi connectivity index (χ4v) is 2.18. The van der Waals surface area contributed by atoms with E-state index in [-0.39, 0.29) is 12.6 Å². The van der Waals surface area contributed by atoms with Crippen LogP contribution in [0.1, 0.15) is 18.4 Å². The fourth-order valence-electron chi connectivity index (χ4n) is 2.18. The molecule has 16 heavy (non-hydrogen) atoms. The molecule has 0 amide bonds. The normalized spacial score (nSPS) is 21.6. The zero-order chi connectivity index (χ0) is 11.5. The van der Waals surface area contributed by atoms with Crippen molar-refractivity contribution in [2.75, 3.05) is 13.2 Å². The Morgan fingerprint density at radius 3 is 2.81 bits per heavy atom. The molecule has 1 unspecified atom stereocenters. The summed E-state index contributed by atoms with van der Waals surface area (Å²) in [6.07, 6.45) is 2.02. The number of aliphatic hydroxyl groups excluding tert-OH is 1. The van der Waals surface area contributed by atoms with Gasteiger partial charge in [0.15, 0.2) is 11.6 Å². The lowest BCUT2D eigenvalue weighted by molar-refractivity contribution is 0.153. The number of aliphatic hydroxyl groups is 1. The van der Waals surface area contributed by atoms with Gasteiger partial charge < -0.3 is 5.11 Å². The molecule has 1 heterocycles. The maximum absolute atomic E-state index is 13.0. The molecule has 1 atom stereocenters. The molecule has 1 aliphatic rings. The number of likely N-dealkylation sites (tertiary alicyclic amines) is 1. The molecule has 0 aliphatic carbocycles. The lowest BCUT2D eigenvalue weighted by Gasteiger charge is -2.22. The molecule has 1 saturated heterocycles. The van der Waals surface area contributed by atoms with Crippen LogP contribution in [0.4, 0.5) is 8.78 Å². The molecule has 1 N–H and O–H groups in total. The van der Waals surface area contributed by atoms with Gasteiger partial charge in [-0.1, -0.05) is 6.07 Å². The minimum atomic E-state index is -0.816. The Hall–Kier alpha value is -1.00. The van der Waals surface area contributed by atoms with Gasteiger partial charge in [-0.25, -0.2) is 8.78 Å². The second-order valence-corrected chi connectivity index (χ2v) is 4.20. The van der Waals surface area contributed by atoms with Crippen LogP contribution in [-0.2, 0) is 6.54 Å². The van der Waals surface area contributed by atoms with Crippen molar-refractivity contribution in [2.45, 2.75) is 25.4 Å². The summed E-state index contributed by atoms with van der Waals surface area (Å²) in [5.41, 5.74) is 0.749. The highest BCUT2D eigenvalue weighted by Gasteiger charge is 2.23. The molecular weight excluding hydrogens is 212 g/mol. The number of hydrogen-bond donors (Lipinski definition) is 1. The van der Waals surface area contributed by atoms with Gasteiger partial charge >= 0.3 is 0 Å². The van der Waals surface area contributed by atoms with Gasteiger partial charge in [-0.2, -0.15) is 0 Å². The van der Waals surface area contributed by atoms with Crippen LogP contribution < -0.4 is 0 Å². The average molecular weight is 227 g/mol. The standard InChI is InChI=1S/C12H15F2NO/c13-11-4-3-9(6-12(11)14)7-15-5-1-2-10(15)8-16/h3-4,6,10,16H,1-2,5,7-8H2. The second-order valence-electron chi connectivity index (χ2n) is 4.20. The summed E-state index contributed by atoms with van der Waals surface area (Å²) < 4.78 is 25.7. The minimum absolute atomic E-state index is 0.129. The predicted octanol–water partition coefficient (Wildman–Crippen LogP) is 1.92. The lowest BCUT2D eigenvalue weighted by Crippen LogP contribution is -2.31. The van der Waals surface area contributed by atoms with Crippen molar-refractivity contribution in [2.24, 2.45) is 0 Å². The summed E-state index contributed by atoms with van der Waals surface area (Å²) in [6, 6.07) is 4.12. The first-order valence-corrected chi connectivity index (χ1v) is 5.49. The van der Waals surface area contributed by atoms with Crippen LogP contribution in [0.15, 0.2) is 18.2 Å². The van der Waals surface area contributed by atoms with Gasteiger partial charge in [-0.05, 0) is 37.1 Å². The van der Waals surface area contributed by atoms with Crippen LogP contribution in [0.2, 0.25) is 0 Å². The average Bonchev–Trinajstić information content (AvgIpc) is 2.71. The molecular formula is C12H15F2NO. The SMILES string of the molecule is OCC1CCCN1Cc1ccc(F)c(F)c1. The highest BCUT2D eigenvalue weighted by atomic mass is 19.2. The third-order valence-electron chi connectivity index (χ3n) is 3.08. The molecule has 88 valence electrons. The van der Waals surface area contributed by atoms with Gasteiger partial charge in [-0.15, -0.1) is 0 Å². The number of halogens is 2. The maximum Gasteiger partial charge on any atom is 0.159 e. The first kappa shape index (κ1) is 11.5. The Labute approximate surface area is 93.5 Å². The summed E-state index contributed by atoms with van der Waals surface area (Å²) in [5.74, 6) is -1.62. The molecule has 0 aromatic heterocycles. The van der Waals surface area contributed by atoms with E-state index in [1.54, 1.807) is 6.07 Å². The maximum atomic E-state index is 13.0. The first-order valence-electron chi connectivity index (χ1n) is 5.49. The first-order chi connectivity index (χ1) is 7.70. The van der Waals surface area contributed by atoms with Gasteiger partial charge in [0, 0.05) is 12.6 Å². The van der Waals surface area contributed by atoms with E-state index in [0.717, 1.165) is 31.0 Å². The Bertz CT molecular complexity index is 370. The van der Waals surface area contributed by atoms with Crippen molar-refractivity contribution in [1.82, 2.24) is 4.90 Å². The lowest BCUT2D eigenvalue weighted by atomic mass is 10.2. The quantitative estimate of drug-likeness (QED) is 0.852. The molecule has 0 spiro atoms. The second kappa shape index (κ2) is 4.89. The Balaban J connectivity index is 2.05. The topological polar surface area (TPSA) is 23.5 Å². The molecule has 2 nitrogen and oxygen atoms in total. The van der Waals surface area contributed by atoms with Crippen LogP contribution in [0.5, 0.6) is 0 Å². The Kier molecular flexibility index (Phi) is 3.51. The molecule has 0 radical (unpaired) electrons. The van der Waals surface area contributed by atoms with E-state index in [0.29, 0.717) is 6.54 Å². The van der Waals surface area contributed by atoms with Gasteiger partial charge in [0.05, 0.1) is 6.61 Å². The van der Waals surface area contributed by atoms with Gasteiger partial charge in [0.25, 0.3) is 0 Å². The largest absolute Gasteiger partial charge is 0.395 e. The molecule has 1 aliphatic heterocycles. The smallest absolute Gasteiger partial charge is 0.159 e. The van der Waals surface area contributed by atoms with E-state index in [9.17, 15) is 8.78 Å². The van der Waals surface area contributed by atoms with E-state index in [4.69, 9.17) is 5.11 Å². The molecule has 1 aromatic carbocycles. The van der Waals surface area contributed by atoms with Crippen LogP contribution in [-0.4, -0.2) is 29.2 Å². The van der Waals surface area contributed by atoms with E-state index in [1.165, 1.54) is 6.07 Å². The highest BCUT2D eigenvalue weighted by Crippen LogP contribution is 2.20. The van der Waals surface area contributed by atoms with Crippen molar-refractivity contribution in [3.05, 3.63) is 35.4 Å². The summed E-state index contributed by atoms with van der Waals surface area (Å²) in [5, 5.41) is 9.14. The fraction of sp³-hybridized carbons (Fsp3) is 0.500. The van der Waals surface area contributed by atoms with Crippen molar-refractivity contribution >= 4 is 0 Å². The van der Waals surface area contributed by atoms with Gasteiger partial charge in [-0.3, -0.25) is 4.90 Å². The third kappa shape index (κ3) is 2.39. The zero-order valence-electron chi connectivity index (χ0n) is 9.00. The number of rotatable bonds is 3. The molecule has 0 bridgehead atoms. The molecule has 4 heteroatoms. The van der Waals surface area contributed by atoms with Crippen LogP contribution in [0.25, 0.3) is 0 Å². The monoisotopic (exact) mass is 227 g/mol. The van der Waals surface area contributed by atoms with E-state index >= 15 is 0 Å². The van der Waals surface area contributed by atoms with E-state index in [2.05, 4.69) is 4.90 Å². The highest BCUT2D eigenvalue weighted by molar-refractivity contribution is 5.18. The molecule has 2 rings (SSSR count). The summed E-state index contributed by atoms with van der Waals surface area (Å²) in [6.45, 7) is 1.61. The Morgan fingerprint density at radius 1 is 1.31 bits per heavy atom. The van der Waals surface area contributed by atoms with E-state index in [1.807, 2.05) is 0 Å². The van der Waals surface area contributed by atoms with Crippen molar-refractivity contribution < 1.29 is 13.9 Å². The Morgan fingerprint density at radius 2 is 2.12 bits per heavy atom. The summed E-state index contributed by atoms with van der Waals surface area (Å²) in [7, 11) is 0. The van der Waals surface area contributed by atoms with Gasteiger partial charge in [0.1, 0.15) is 0 Å². The summed E-state index contributed by atoms with van der Waals surface area (Å²) in [4.78, 5) is 2.10. The van der Waals surface area contributed by atoms with Crippen LogP contribution >= 0.6 is 0 Å². The summed E-state index contributed by atoms with van der Waals surface area (Å²) >= 11 is 0.